The van der Waals surface area contributed by atoms with Crippen LogP contribution in [0.15, 0.2) is 30.3 Å². The molecule has 0 aliphatic rings. The minimum Gasteiger partial charge on any atom is -0.467 e. The fourth-order valence-electron chi connectivity index (χ4n) is 2.27. The first kappa shape index (κ1) is 15.7. The summed E-state index contributed by atoms with van der Waals surface area (Å²) >= 11 is 0. The second kappa shape index (κ2) is 6.68. The quantitative estimate of drug-likeness (QED) is 0.800. The fraction of sp³-hybridized carbons (Fsp3) is 0.533. The lowest BCUT2D eigenvalue weighted by atomic mass is 9.75. The van der Waals surface area contributed by atoms with E-state index in [9.17, 15) is 9.90 Å². The molecule has 0 amide bonds. The number of rotatable bonds is 6. The van der Waals surface area contributed by atoms with E-state index in [4.69, 9.17) is 9.47 Å². The third kappa shape index (κ3) is 3.14. The van der Waals surface area contributed by atoms with Crippen molar-refractivity contribution >= 4 is 5.97 Å². The Labute approximate surface area is 114 Å². The second-order valence-corrected chi connectivity index (χ2v) is 4.89. The molecule has 0 spiro atoms. The zero-order valence-corrected chi connectivity index (χ0v) is 11.9. The molecule has 2 atom stereocenters. The molecule has 4 heteroatoms. The molecule has 0 saturated heterocycles. The van der Waals surface area contributed by atoms with Gasteiger partial charge in [0.25, 0.3) is 0 Å². The van der Waals surface area contributed by atoms with Gasteiger partial charge in [-0.3, -0.25) is 0 Å². The molecule has 0 bridgehead atoms. The highest BCUT2D eigenvalue weighted by atomic mass is 16.5. The van der Waals surface area contributed by atoms with Crippen LogP contribution in [0.1, 0.15) is 25.3 Å². The summed E-state index contributed by atoms with van der Waals surface area (Å²) in [4.78, 5) is 12.0. The average Bonchev–Trinajstić information content (AvgIpc) is 2.43. The second-order valence-electron chi connectivity index (χ2n) is 4.89. The Bertz CT molecular complexity index is 402. The van der Waals surface area contributed by atoms with Crippen molar-refractivity contribution in [2.24, 2.45) is 5.92 Å². The number of carbonyl (C=O) groups excluding carboxylic acids is 1. The molecule has 0 saturated carbocycles. The van der Waals surface area contributed by atoms with Gasteiger partial charge in [-0.05, 0) is 11.5 Å². The van der Waals surface area contributed by atoms with E-state index in [0.29, 0.717) is 0 Å². The van der Waals surface area contributed by atoms with Crippen LogP contribution in [-0.4, -0.2) is 37.5 Å². The summed E-state index contributed by atoms with van der Waals surface area (Å²) in [5.41, 5.74) is -0.752. The summed E-state index contributed by atoms with van der Waals surface area (Å²) in [6.45, 7) is 3.83. The highest BCUT2D eigenvalue weighted by Crippen LogP contribution is 2.35. The zero-order valence-electron chi connectivity index (χ0n) is 11.9. The van der Waals surface area contributed by atoms with Crippen molar-refractivity contribution in [1.82, 2.24) is 0 Å². The number of benzene rings is 1. The molecule has 0 aliphatic heterocycles. The Balaban J connectivity index is 3.25. The Morgan fingerprint density at radius 1 is 1.26 bits per heavy atom. The van der Waals surface area contributed by atoms with Gasteiger partial charge >= 0.3 is 5.97 Å². The minimum absolute atomic E-state index is 0.244. The lowest BCUT2D eigenvalue weighted by Gasteiger charge is -2.36. The Kier molecular flexibility index (Phi) is 5.51. The summed E-state index contributed by atoms with van der Waals surface area (Å²) in [5.74, 6) is -1.39. The molecule has 1 rings (SSSR count). The van der Waals surface area contributed by atoms with Crippen LogP contribution in [-0.2, 0) is 14.3 Å². The SMILES string of the molecule is COCC(c1ccccc1)C(O)(C(=O)OC)C(C)C. The monoisotopic (exact) mass is 266 g/mol. The lowest BCUT2D eigenvalue weighted by molar-refractivity contribution is -0.172. The number of hydrogen-bond acceptors (Lipinski definition) is 4. The van der Waals surface area contributed by atoms with E-state index in [1.807, 2.05) is 30.3 Å². The fourth-order valence-corrected chi connectivity index (χ4v) is 2.27. The van der Waals surface area contributed by atoms with Crippen LogP contribution in [0.25, 0.3) is 0 Å². The van der Waals surface area contributed by atoms with Crippen LogP contribution in [0.5, 0.6) is 0 Å². The number of aliphatic hydroxyl groups is 1. The van der Waals surface area contributed by atoms with Gasteiger partial charge in [-0.25, -0.2) is 4.79 Å². The highest BCUT2D eigenvalue weighted by molar-refractivity contribution is 5.81. The van der Waals surface area contributed by atoms with Gasteiger partial charge in [0.2, 0.25) is 0 Å². The summed E-state index contributed by atoms with van der Waals surface area (Å²) in [6, 6.07) is 9.38. The molecule has 0 radical (unpaired) electrons. The van der Waals surface area contributed by atoms with E-state index in [0.717, 1.165) is 5.56 Å². The van der Waals surface area contributed by atoms with Gasteiger partial charge in [0, 0.05) is 13.0 Å². The van der Waals surface area contributed by atoms with Crippen LogP contribution < -0.4 is 0 Å². The van der Waals surface area contributed by atoms with Crippen molar-refractivity contribution in [3.8, 4) is 0 Å². The molecule has 1 aromatic rings. The third-order valence-electron chi connectivity index (χ3n) is 3.46. The van der Waals surface area contributed by atoms with Crippen molar-refractivity contribution in [3.05, 3.63) is 35.9 Å². The number of methoxy groups -OCH3 is 2. The number of esters is 1. The Morgan fingerprint density at radius 2 is 1.84 bits per heavy atom. The molecular weight excluding hydrogens is 244 g/mol. The van der Waals surface area contributed by atoms with Crippen LogP contribution >= 0.6 is 0 Å². The zero-order chi connectivity index (χ0) is 14.5. The molecule has 0 aromatic heterocycles. The van der Waals surface area contributed by atoms with Gasteiger partial charge in [-0.2, -0.15) is 0 Å². The topological polar surface area (TPSA) is 55.8 Å². The lowest BCUT2D eigenvalue weighted by Crippen LogP contribution is -2.51. The molecule has 0 aliphatic carbocycles. The predicted molar refractivity (Wildman–Crippen MR) is 72.9 cm³/mol. The maximum atomic E-state index is 12.0. The molecule has 1 N–H and O–H groups in total. The van der Waals surface area contributed by atoms with Crippen LogP contribution in [0, 0.1) is 5.92 Å². The van der Waals surface area contributed by atoms with Gasteiger partial charge in [0.1, 0.15) is 0 Å². The predicted octanol–water partition coefficient (Wildman–Crippen LogP) is 1.98. The first-order valence-corrected chi connectivity index (χ1v) is 6.33. The summed E-state index contributed by atoms with van der Waals surface area (Å²) in [5, 5.41) is 10.8. The van der Waals surface area contributed by atoms with Gasteiger partial charge < -0.3 is 14.6 Å². The van der Waals surface area contributed by atoms with E-state index >= 15 is 0 Å². The van der Waals surface area contributed by atoms with E-state index in [-0.39, 0.29) is 12.5 Å². The van der Waals surface area contributed by atoms with Crippen molar-refractivity contribution in [1.29, 1.82) is 0 Å². The Hall–Kier alpha value is -1.39. The number of carbonyl (C=O) groups is 1. The van der Waals surface area contributed by atoms with Crippen LogP contribution in [0.2, 0.25) is 0 Å². The summed E-state index contributed by atoms with van der Waals surface area (Å²) in [7, 11) is 2.83. The van der Waals surface area contributed by atoms with Crippen molar-refractivity contribution in [2.45, 2.75) is 25.4 Å². The minimum atomic E-state index is -1.61. The van der Waals surface area contributed by atoms with Crippen LogP contribution in [0.4, 0.5) is 0 Å². The third-order valence-corrected chi connectivity index (χ3v) is 3.46. The summed E-state index contributed by atoms with van der Waals surface area (Å²) in [6.07, 6.45) is 0. The maximum Gasteiger partial charge on any atom is 0.338 e. The first-order valence-electron chi connectivity index (χ1n) is 6.33. The van der Waals surface area contributed by atoms with E-state index in [1.54, 1.807) is 21.0 Å². The van der Waals surface area contributed by atoms with Crippen molar-refractivity contribution < 1.29 is 19.4 Å². The molecule has 1 aromatic carbocycles. The molecule has 19 heavy (non-hydrogen) atoms. The average molecular weight is 266 g/mol. The van der Waals surface area contributed by atoms with Gasteiger partial charge in [0.05, 0.1) is 13.7 Å². The molecule has 2 unspecified atom stereocenters. The van der Waals surface area contributed by atoms with Gasteiger partial charge in [0.15, 0.2) is 5.60 Å². The standard InChI is InChI=1S/C15H22O4/c1-11(2)15(17,14(16)19-4)13(10-18-3)12-8-6-5-7-9-12/h5-9,11,13,17H,10H2,1-4H3. The molecule has 106 valence electrons. The molecule has 4 nitrogen and oxygen atoms in total. The smallest absolute Gasteiger partial charge is 0.338 e. The largest absolute Gasteiger partial charge is 0.467 e. The number of hydrogen-bond donors (Lipinski definition) is 1. The van der Waals surface area contributed by atoms with Crippen LogP contribution in [0.3, 0.4) is 0 Å². The van der Waals surface area contributed by atoms with Gasteiger partial charge in [-0.15, -0.1) is 0 Å². The van der Waals surface area contributed by atoms with Gasteiger partial charge in [-0.1, -0.05) is 44.2 Å². The van der Waals surface area contributed by atoms with E-state index < -0.39 is 17.5 Å². The Morgan fingerprint density at radius 3 is 2.26 bits per heavy atom. The normalized spacial score (nSPS) is 15.9. The first-order chi connectivity index (χ1) is 8.98. The van der Waals surface area contributed by atoms with E-state index in [1.165, 1.54) is 7.11 Å². The number of ether oxygens (including phenoxy) is 2. The van der Waals surface area contributed by atoms with Crippen molar-refractivity contribution in [2.75, 3.05) is 20.8 Å². The molecule has 0 fully saturated rings. The summed E-state index contributed by atoms with van der Waals surface area (Å²) < 4.78 is 9.96. The molecular formula is C15H22O4. The molecule has 0 heterocycles. The van der Waals surface area contributed by atoms with Crippen molar-refractivity contribution in [3.63, 3.8) is 0 Å². The van der Waals surface area contributed by atoms with E-state index in [2.05, 4.69) is 0 Å². The highest BCUT2D eigenvalue weighted by Gasteiger charge is 2.48. The maximum absolute atomic E-state index is 12.0.